The fourth-order valence-electron chi connectivity index (χ4n) is 2.08. The van der Waals surface area contributed by atoms with Gasteiger partial charge in [0.25, 0.3) is 0 Å². The molecule has 0 spiro atoms. The number of halogens is 1. The summed E-state index contributed by atoms with van der Waals surface area (Å²) in [6, 6.07) is 7.18. The van der Waals surface area contributed by atoms with Gasteiger partial charge in [-0.2, -0.15) is 0 Å². The molecule has 1 atom stereocenters. The van der Waals surface area contributed by atoms with E-state index in [1.807, 2.05) is 12.1 Å². The summed E-state index contributed by atoms with van der Waals surface area (Å²) in [4.78, 5) is 25.3. The second kappa shape index (κ2) is 6.72. The van der Waals surface area contributed by atoms with E-state index in [-0.39, 0.29) is 18.9 Å². The normalized spacial score (nSPS) is 18.7. The van der Waals surface area contributed by atoms with Crippen LogP contribution in [0.25, 0.3) is 0 Å². The molecule has 1 unspecified atom stereocenters. The number of carbonyl (C=O) groups excluding carboxylic acids is 2. The molecule has 108 valence electrons. The number of hydrogen-bond donors (Lipinski definition) is 0. The number of hydrogen-bond acceptors (Lipinski definition) is 4. The van der Waals surface area contributed by atoms with Crippen LogP contribution in [-0.2, 0) is 25.5 Å². The van der Waals surface area contributed by atoms with Gasteiger partial charge >= 0.3 is 5.97 Å². The standard InChI is InChI=1S/C14H16ClNO4/c1-19-14(18)12-9-16(5-6-20-12)13(17)8-10-3-2-4-11(15)7-10/h2-4,7,12H,5-6,8-9H2,1H3. The lowest BCUT2D eigenvalue weighted by Crippen LogP contribution is -2.49. The molecule has 1 fully saturated rings. The Balaban J connectivity index is 1.97. The summed E-state index contributed by atoms with van der Waals surface area (Å²) in [5, 5.41) is 0.602. The predicted octanol–water partition coefficient (Wildman–Crippen LogP) is 1.28. The summed E-state index contributed by atoms with van der Waals surface area (Å²) in [7, 11) is 1.30. The van der Waals surface area contributed by atoms with Crippen LogP contribution in [0.4, 0.5) is 0 Å². The highest BCUT2D eigenvalue weighted by Gasteiger charge is 2.29. The third kappa shape index (κ3) is 3.71. The van der Waals surface area contributed by atoms with Crippen molar-refractivity contribution < 1.29 is 19.1 Å². The van der Waals surface area contributed by atoms with E-state index in [4.69, 9.17) is 16.3 Å². The minimum absolute atomic E-state index is 0.0514. The Labute approximate surface area is 122 Å². The molecule has 1 aliphatic rings. The van der Waals surface area contributed by atoms with Crippen LogP contribution in [0.3, 0.4) is 0 Å². The molecule has 1 aromatic carbocycles. The van der Waals surface area contributed by atoms with E-state index in [1.54, 1.807) is 17.0 Å². The molecule has 1 aliphatic heterocycles. The molecule has 0 N–H and O–H groups in total. The first-order valence-electron chi connectivity index (χ1n) is 6.32. The molecule has 2 rings (SSSR count). The maximum atomic E-state index is 12.2. The summed E-state index contributed by atoms with van der Waals surface area (Å²) < 4.78 is 9.92. The predicted molar refractivity (Wildman–Crippen MR) is 73.5 cm³/mol. The molecule has 0 bridgehead atoms. The molecular weight excluding hydrogens is 282 g/mol. The largest absolute Gasteiger partial charge is 0.467 e. The topological polar surface area (TPSA) is 55.8 Å². The molecule has 1 amide bonds. The Bertz CT molecular complexity index is 506. The lowest BCUT2D eigenvalue weighted by atomic mass is 10.1. The number of nitrogens with zero attached hydrogens (tertiary/aromatic N) is 1. The van der Waals surface area contributed by atoms with Gasteiger partial charge in [0.15, 0.2) is 6.10 Å². The molecular formula is C14H16ClNO4. The van der Waals surface area contributed by atoms with E-state index < -0.39 is 12.1 Å². The summed E-state index contributed by atoms with van der Waals surface area (Å²) in [5.41, 5.74) is 0.851. The van der Waals surface area contributed by atoms with E-state index in [0.29, 0.717) is 18.2 Å². The number of benzene rings is 1. The maximum absolute atomic E-state index is 12.2. The average molecular weight is 298 g/mol. The second-order valence-corrected chi connectivity index (χ2v) is 4.97. The lowest BCUT2D eigenvalue weighted by Gasteiger charge is -2.31. The van der Waals surface area contributed by atoms with Gasteiger partial charge in [-0.25, -0.2) is 4.79 Å². The highest BCUT2D eigenvalue weighted by atomic mass is 35.5. The zero-order valence-electron chi connectivity index (χ0n) is 11.2. The second-order valence-electron chi connectivity index (χ2n) is 4.53. The molecule has 0 aromatic heterocycles. The molecule has 0 radical (unpaired) electrons. The Hall–Kier alpha value is -1.59. The Morgan fingerprint density at radius 3 is 3.00 bits per heavy atom. The zero-order valence-corrected chi connectivity index (χ0v) is 11.9. The highest BCUT2D eigenvalue weighted by molar-refractivity contribution is 6.30. The van der Waals surface area contributed by atoms with E-state index in [2.05, 4.69) is 4.74 Å². The number of methoxy groups -OCH3 is 1. The van der Waals surface area contributed by atoms with Crippen molar-refractivity contribution in [3.8, 4) is 0 Å². The molecule has 20 heavy (non-hydrogen) atoms. The van der Waals surface area contributed by atoms with Crippen molar-refractivity contribution in [3.63, 3.8) is 0 Å². The molecule has 6 heteroatoms. The van der Waals surface area contributed by atoms with Gasteiger partial charge in [-0.3, -0.25) is 4.79 Å². The third-order valence-corrected chi connectivity index (χ3v) is 3.36. The zero-order chi connectivity index (χ0) is 14.5. The van der Waals surface area contributed by atoms with Gasteiger partial charge in [0, 0.05) is 11.6 Å². The fourth-order valence-corrected chi connectivity index (χ4v) is 2.30. The van der Waals surface area contributed by atoms with Gasteiger partial charge in [-0.05, 0) is 17.7 Å². The van der Waals surface area contributed by atoms with Crippen LogP contribution in [-0.4, -0.2) is 49.7 Å². The maximum Gasteiger partial charge on any atom is 0.336 e. The van der Waals surface area contributed by atoms with E-state index in [0.717, 1.165) is 5.56 Å². The molecule has 1 heterocycles. The summed E-state index contributed by atoms with van der Waals surface area (Å²) in [5.74, 6) is -0.505. The quantitative estimate of drug-likeness (QED) is 0.789. The molecule has 1 aromatic rings. The fraction of sp³-hybridized carbons (Fsp3) is 0.429. The van der Waals surface area contributed by atoms with Crippen molar-refractivity contribution in [2.24, 2.45) is 0 Å². The number of morpholine rings is 1. The smallest absolute Gasteiger partial charge is 0.336 e. The first-order chi connectivity index (χ1) is 9.60. The Kier molecular flexibility index (Phi) is 4.98. The van der Waals surface area contributed by atoms with Gasteiger partial charge in [0.05, 0.1) is 26.7 Å². The first kappa shape index (κ1) is 14.8. The van der Waals surface area contributed by atoms with Crippen molar-refractivity contribution >= 4 is 23.5 Å². The van der Waals surface area contributed by atoms with E-state index >= 15 is 0 Å². The Morgan fingerprint density at radius 1 is 1.50 bits per heavy atom. The SMILES string of the molecule is COC(=O)C1CN(C(=O)Cc2cccc(Cl)c2)CCO1. The third-order valence-electron chi connectivity index (χ3n) is 3.13. The van der Waals surface area contributed by atoms with Crippen molar-refractivity contribution in [2.45, 2.75) is 12.5 Å². The van der Waals surface area contributed by atoms with E-state index in [1.165, 1.54) is 7.11 Å². The van der Waals surface area contributed by atoms with Crippen molar-refractivity contribution in [2.75, 3.05) is 26.8 Å². The summed E-state index contributed by atoms with van der Waals surface area (Å²) in [6.07, 6.45) is -0.439. The van der Waals surface area contributed by atoms with Gasteiger partial charge in [-0.1, -0.05) is 23.7 Å². The number of carbonyl (C=O) groups is 2. The first-order valence-corrected chi connectivity index (χ1v) is 6.69. The molecule has 0 aliphatic carbocycles. The van der Waals surface area contributed by atoms with Crippen LogP contribution in [0.2, 0.25) is 5.02 Å². The van der Waals surface area contributed by atoms with Crippen molar-refractivity contribution in [1.29, 1.82) is 0 Å². The summed E-state index contributed by atoms with van der Waals surface area (Å²) >= 11 is 5.89. The van der Waals surface area contributed by atoms with Gasteiger partial charge in [0.1, 0.15) is 0 Å². The monoisotopic (exact) mass is 297 g/mol. The lowest BCUT2D eigenvalue weighted by molar-refractivity contribution is -0.162. The van der Waals surface area contributed by atoms with Crippen LogP contribution in [0.5, 0.6) is 0 Å². The highest BCUT2D eigenvalue weighted by Crippen LogP contribution is 2.13. The van der Waals surface area contributed by atoms with Crippen LogP contribution in [0.1, 0.15) is 5.56 Å². The van der Waals surface area contributed by atoms with Gasteiger partial charge < -0.3 is 14.4 Å². The average Bonchev–Trinajstić information content (AvgIpc) is 2.46. The van der Waals surface area contributed by atoms with Crippen LogP contribution in [0, 0.1) is 0 Å². The minimum Gasteiger partial charge on any atom is -0.467 e. The van der Waals surface area contributed by atoms with Crippen LogP contribution >= 0.6 is 11.6 Å². The molecule has 1 saturated heterocycles. The molecule has 0 saturated carbocycles. The van der Waals surface area contributed by atoms with E-state index in [9.17, 15) is 9.59 Å². The summed E-state index contributed by atoms with van der Waals surface area (Å²) in [6.45, 7) is 1.04. The number of rotatable bonds is 3. The molecule has 5 nitrogen and oxygen atoms in total. The van der Waals surface area contributed by atoms with Gasteiger partial charge in [-0.15, -0.1) is 0 Å². The Morgan fingerprint density at radius 2 is 2.30 bits per heavy atom. The number of ether oxygens (including phenoxy) is 2. The van der Waals surface area contributed by atoms with Gasteiger partial charge in [0.2, 0.25) is 5.91 Å². The number of amides is 1. The minimum atomic E-state index is -0.697. The number of esters is 1. The van der Waals surface area contributed by atoms with Crippen molar-refractivity contribution in [3.05, 3.63) is 34.9 Å². The van der Waals surface area contributed by atoms with Crippen LogP contribution in [0.15, 0.2) is 24.3 Å². The van der Waals surface area contributed by atoms with Crippen molar-refractivity contribution in [1.82, 2.24) is 4.90 Å². The van der Waals surface area contributed by atoms with Crippen LogP contribution < -0.4 is 0 Å².